The molecule has 4 aromatic carbocycles. The molecule has 0 atom stereocenters. The van der Waals surface area contributed by atoms with Crippen molar-refractivity contribution in [1.82, 2.24) is 0 Å². The third kappa shape index (κ3) is 5.69. The van der Waals surface area contributed by atoms with Crippen molar-refractivity contribution < 1.29 is 49.8 Å². The largest absolute Gasteiger partial charge is 0.507 e. The lowest BCUT2D eigenvalue weighted by Crippen LogP contribution is -2.13. The first-order valence-corrected chi connectivity index (χ1v) is 13.4. The smallest absolute Gasteiger partial charge is 0.335 e. The normalized spacial score (nSPS) is 11.3. The molecule has 0 bridgehead atoms. The minimum atomic E-state index is -1.33. The molecule has 44 heavy (non-hydrogen) atoms. The zero-order chi connectivity index (χ0) is 32.8. The van der Waals surface area contributed by atoms with E-state index in [1.807, 2.05) is 20.8 Å². The molecule has 0 aromatic heterocycles. The maximum Gasteiger partial charge on any atom is 0.335 e. The van der Waals surface area contributed by atoms with E-state index in [-0.39, 0.29) is 56.0 Å². The van der Waals surface area contributed by atoms with Crippen LogP contribution in [0.15, 0.2) is 54.6 Å². The quantitative estimate of drug-likeness (QED) is 0.132. The van der Waals surface area contributed by atoms with Crippen molar-refractivity contribution in [3.63, 3.8) is 0 Å². The Morgan fingerprint density at radius 3 is 1.32 bits per heavy atom. The number of aromatic carboxylic acids is 4. The van der Waals surface area contributed by atoms with E-state index < -0.39 is 29.3 Å². The van der Waals surface area contributed by atoms with Gasteiger partial charge in [-0.2, -0.15) is 0 Å². The van der Waals surface area contributed by atoms with Crippen LogP contribution in [0.4, 0.5) is 0 Å². The Bertz CT molecular complexity index is 1830. The van der Waals surface area contributed by atoms with Crippen LogP contribution in [0, 0.1) is 13.8 Å². The van der Waals surface area contributed by atoms with Crippen LogP contribution >= 0.6 is 0 Å². The van der Waals surface area contributed by atoms with Gasteiger partial charge in [0.05, 0.1) is 22.3 Å². The van der Waals surface area contributed by atoms with E-state index in [0.717, 1.165) is 12.1 Å². The van der Waals surface area contributed by atoms with Crippen molar-refractivity contribution in [2.75, 3.05) is 0 Å². The summed E-state index contributed by atoms with van der Waals surface area (Å²) < 4.78 is 0. The second-order valence-corrected chi connectivity index (χ2v) is 11.5. The topological polar surface area (TPSA) is 190 Å². The van der Waals surface area contributed by atoms with E-state index in [2.05, 4.69) is 0 Å². The Labute approximate surface area is 252 Å². The number of carboxylic acids is 4. The summed E-state index contributed by atoms with van der Waals surface area (Å²) in [5.74, 6) is -5.72. The molecule has 226 valence electrons. The second-order valence-electron chi connectivity index (χ2n) is 11.5. The molecule has 10 heteroatoms. The predicted octanol–water partition coefficient (Wildman–Crippen LogP) is 6.81. The molecule has 4 aromatic rings. The van der Waals surface area contributed by atoms with Crippen LogP contribution in [0.1, 0.15) is 78.9 Å². The van der Waals surface area contributed by atoms with Gasteiger partial charge in [-0.1, -0.05) is 26.8 Å². The summed E-state index contributed by atoms with van der Waals surface area (Å²) in [6.45, 7) is 8.80. The SMILES string of the molecule is Cc1c(-c2cc(C(=O)O)cc(C(=O)O)c2)ccc(O)c1-c1c(C)c(-c2cc(C(=O)O)cc(C(=O)O)c2)cc(C(C)(C)C)c1O. The van der Waals surface area contributed by atoms with Crippen molar-refractivity contribution in [2.24, 2.45) is 0 Å². The molecule has 0 aliphatic rings. The van der Waals surface area contributed by atoms with Gasteiger partial charge >= 0.3 is 23.9 Å². The highest BCUT2D eigenvalue weighted by Gasteiger charge is 2.28. The van der Waals surface area contributed by atoms with Crippen molar-refractivity contribution in [3.8, 4) is 44.9 Å². The number of rotatable bonds is 7. The minimum absolute atomic E-state index is 0.173. The molecule has 0 saturated carbocycles. The molecule has 6 N–H and O–H groups in total. The fourth-order valence-corrected chi connectivity index (χ4v) is 5.33. The fourth-order valence-electron chi connectivity index (χ4n) is 5.33. The van der Waals surface area contributed by atoms with Gasteiger partial charge in [-0.25, -0.2) is 19.2 Å². The molecule has 0 saturated heterocycles. The van der Waals surface area contributed by atoms with Gasteiger partial charge in [0.1, 0.15) is 11.5 Å². The zero-order valence-corrected chi connectivity index (χ0v) is 24.5. The maximum atomic E-state index is 11.9. The van der Waals surface area contributed by atoms with Gasteiger partial charge in [0.15, 0.2) is 0 Å². The van der Waals surface area contributed by atoms with Crippen LogP contribution in [0.5, 0.6) is 11.5 Å². The van der Waals surface area contributed by atoms with E-state index in [4.69, 9.17) is 0 Å². The Hall–Kier alpha value is -5.64. The summed E-state index contributed by atoms with van der Waals surface area (Å²) in [5, 5.41) is 61.4. The first kappa shape index (κ1) is 31.3. The Balaban J connectivity index is 2.13. The number of aromatic hydroxyl groups is 2. The molecule has 4 rings (SSSR count). The number of benzene rings is 4. The number of hydrogen-bond acceptors (Lipinski definition) is 6. The van der Waals surface area contributed by atoms with Crippen molar-refractivity contribution in [1.29, 1.82) is 0 Å². The van der Waals surface area contributed by atoms with Gasteiger partial charge in [0.2, 0.25) is 0 Å². The summed E-state index contributed by atoms with van der Waals surface area (Å²) in [5.41, 5.74) is 1.24. The van der Waals surface area contributed by atoms with Crippen molar-refractivity contribution in [2.45, 2.75) is 40.0 Å². The van der Waals surface area contributed by atoms with E-state index in [1.165, 1.54) is 36.4 Å². The van der Waals surface area contributed by atoms with Crippen LogP contribution in [0.2, 0.25) is 0 Å². The summed E-state index contributed by atoms with van der Waals surface area (Å²) in [6, 6.07) is 11.9. The molecule has 0 radical (unpaired) electrons. The van der Waals surface area contributed by atoms with Gasteiger partial charge < -0.3 is 30.6 Å². The lowest BCUT2D eigenvalue weighted by atomic mass is 9.78. The average molecular weight is 599 g/mol. The van der Waals surface area contributed by atoms with Crippen molar-refractivity contribution >= 4 is 23.9 Å². The molecule has 0 fully saturated rings. The predicted molar refractivity (Wildman–Crippen MR) is 162 cm³/mol. The zero-order valence-electron chi connectivity index (χ0n) is 24.5. The first-order valence-electron chi connectivity index (χ1n) is 13.4. The standard InChI is InChI=1S/C34H30O10/c1-15-23(17-8-19(30(37)38)12-20(9-17)31(39)40)6-7-26(35)27(15)28-16(2)24(14-25(29(28)36)34(3,4)5)18-10-21(32(41)42)13-22(11-18)33(43)44/h6-14,35-36H,1-5H3,(H,37,38)(H,39,40)(H,41,42)(H,43,44). The summed E-state index contributed by atoms with van der Waals surface area (Å²) in [7, 11) is 0. The highest BCUT2D eigenvalue weighted by Crippen LogP contribution is 2.49. The maximum absolute atomic E-state index is 11.9. The van der Waals surface area contributed by atoms with E-state index >= 15 is 0 Å². The molecule has 0 heterocycles. The van der Waals surface area contributed by atoms with Crippen molar-refractivity contribution in [3.05, 3.63) is 93.5 Å². The Morgan fingerprint density at radius 2 is 0.932 bits per heavy atom. The van der Waals surface area contributed by atoms with Crippen LogP contribution in [-0.2, 0) is 5.41 Å². The molecular formula is C34H30O10. The molecule has 0 aliphatic carbocycles. The first-order chi connectivity index (χ1) is 20.4. The molecule has 0 unspecified atom stereocenters. The van der Waals surface area contributed by atoms with Gasteiger partial charge in [-0.05, 0) is 101 Å². The summed E-state index contributed by atoms with van der Waals surface area (Å²) in [4.78, 5) is 47.3. The van der Waals surface area contributed by atoms with E-state index in [0.29, 0.717) is 27.8 Å². The number of phenolic OH excluding ortho intramolecular Hbond substituents is 2. The monoisotopic (exact) mass is 598 g/mol. The lowest BCUT2D eigenvalue weighted by Gasteiger charge is -2.27. The Morgan fingerprint density at radius 1 is 0.545 bits per heavy atom. The number of hydrogen-bond donors (Lipinski definition) is 6. The van der Waals surface area contributed by atoms with Gasteiger partial charge in [0.25, 0.3) is 0 Å². The molecular weight excluding hydrogens is 568 g/mol. The third-order valence-corrected chi connectivity index (χ3v) is 7.54. The second kappa shape index (κ2) is 11.2. The summed E-state index contributed by atoms with van der Waals surface area (Å²) >= 11 is 0. The van der Waals surface area contributed by atoms with E-state index in [1.54, 1.807) is 19.9 Å². The summed E-state index contributed by atoms with van der Waals surface area (Å²) in [6.07, 6.45) is 0. The van der Waals surface area contributed by atoms with Crippen LogP contribution < -0.4 is 0 Å². The molecule has 0 amide bonds. The van der Waals surface area contributed by atoms with E-state index in [9.17, 15) is 49.8 Å². The van der Waals surface area contributed by atoms with Gasteiger partial charge in [-0.3, -0.25) is 0 Å². The van der Waals surface area contributed by atoms with Gasteiger partial charge in [-0.15, -0.1) is 0 Å². The number of carboxylic acid groups (broad SMARTS) is 4. The highest BCUT2D eigenvalue weighted by atomic mass is 16.4. The molecule has 0 aliphatic heterocycles. The number of carbonyl (C=O) groups is 4. The third-order valence-electron chi connectivity index (χ3n) is 7.54. The average Bonchev–Trinajstić information content (AvgIpc) is 2.93. The number of phenols is 2. The van der Waals surface area contributed by atoms with Crippen LogP contribution in [0.25, 0.3) is 33.4 Å². The van der Waals surface area contributed by atoms with Crippen LogP contribution in [-0.4, -0.2) is 54.5 Å². The molecule has 10 nitrogen and oxygen atoms in total. The fraction of sp³-hybridized carbons (Fsp3) is 0.176. The Kier molecular flexibility index (Phi) is 7.98. The van der Waals surface area contributed by atoms with Crippen LogP contribution in [0.3, 0.4) is 0 Å². The molecule has 0 spiro atoms. The lowest BCUT2D eigenvalue weighted by molar-refractivity contribution is 0.0676. The minimum Gasteiger partial charge on any atom is -0.507 e. The van der Waals surface area contributed by atoms with Gasteiger partial charge in [0, 0.05) is 16.7 Å². The highest BCUT2D eigenvalue weighted by molar-refractivity contribution is 5.99.